The smallest absolute Gasteiger partial charge is 0.426 e. The van der Waals surface area contributed by atoms with Crippen molar-refractivity contribution in [2.45, 2.75) is 51.9 Å². The third kappa shape index (κ3) is 3.70. The van der Waals surface area contributed by atoms with Gasteiger partial charge in [-0.05, 0) is 43.0 Å². The largest absolute Gasteiger partial charge is 0.481 e. The molecule has 1 N–H and O–H groups in total. The summed E-state index contributed by atoms with van der Waals surface area (Å²) in [6.45, 7) is 3.40. The van der Waals surface area contributed by atoms with Crippen molar-refractivity contribution in [1.82, 2.24) is 9.55 Å². The Morgan fingerprint density at radius 3 is 2.79 bits per heavy atom. The maximum atomic E-state index is 13.5. The Morgan fingerprint density at radius 2 is 2.18 bits per heavy atom. The molecule has 2 atom stereocenters. The lowest BCUT2D eigenvalue weighted by Gasteiger charge is -2.40. The van der Waals surface area contributed by atoms with Gasteiger partial charge in [0.05, 0.1) is 6.54 Å². The van der Waals surface area contributed by atoms with E-state index >= 15 is 0 Å². The van der Waals surface area contributed by atoms with Crippen LogP contribution >= 0.6 is 11.6 Å². The number of carbonyl (C=O) groups is 1. The summed E-state index contributed by atoms with van der Waals surface area (Å²) in [4.78, 5) is 15.9. The molecule has 1 aromatic carbocycles. The first-order valence-corrected chi connectivity index (χ1v) is 9.22. The highest BCUT2D eigenvalue weighted by molar-refractivity contribution is 6.31. The molecule has 0 amide bonds. The van der Waals surface area contributed by atoms with E-state index in [1.54, 1.807) is 12.4 Å². The quantitative estimate of drug-likeness (QED) is 0.779. The molecular weight excluding hydrogens is 397 g/mol. The van der Waals surface area contributed by atoms with Crippen LogP contribution in [0.1, 0.15) is 37.2 Å². The second-order valence-electron chi connectivity index (χ2n) is 7.21. The van der Waals surface area contributed by atoms with Crippen molar-refractivity contribution in [1.29, 1.82) is 0 Å². The lowest BCUT2D eigenvalue weighted by molar-refractivity contribution is -0.234. The number of aromatic nitrogens is 2. The molecule has 0 radical (unpaired) electrons. The van der Waals surface area contributed by atoms with E-state index in [1.807, 2.05) is 11.5 Å². The first kappa shape index (κ1) is 20.5. The molecule has 1 aromatic heterocycles. The van der Waals surface area contributed by atoms with Crippen molar-refractivity contribution < 1.29 is 27.8 Å². The van der Waals surface area contributed by atoms with Gasteiger partial charge in [-0.2, -0.15) is 13.2 Å². The molecule has 1 aliphatic rings. The van der Waals surface area contributed by atoms with Crippen LogP contribution in [0, 0.1) is 5.41 Å². The maximum absolute atomic E-state index is 13.5. The standard InChI is InChI=1S/C19H20ClF3N2O3/c1-3-4-15-24-5-6-25(15)10-12-8-14-11(7-13(12)20)9-18(2,17(26)27)16(28-14)19(21,22)23/h5-8,16H,3-4,9-10H2,1-2H3,(H,26,27). The van der Waals surface area contributed by atoms with Crippen LogP contribution in [0.2, 0.25) is 5.02 Å². The zero-order chi connectivity index (χ0) is 20.7. The molecule has 1 aliphatic heterocycles. The average molecular weight is 417 g/mol. The first-order chi connectivity index (χ1) is 13.1. The molecule has 0 saturated carbocycles. The number of carboxylic acids is 1. The van der Waals surface area contributed by atoms with E-state index in [2.05, 4.69) is 4.98 Å². The lowest BCUT2D eigenvalue weighted by Crippen LogP contribution is -2.55. The summed E-state index contributed by atoms with van der Waals surface area (Å²) in [6, 6.07) is 2.96. The predicted octanol–water partition coefficient (Wildman–Crippen LogP) is 4.49. The molecule has 152 valence electrons. The summed E-state index contributed by atoms with van der Waals surface area (Å²) < 4.78 is 47.5. The number of alkyl halides is 3. The number of benzene rings is 1. The van der Waals surface area contributed by atoms with E-state index in [0.717, 1.165) is 25.6 Å². The topological polar surface area (TPSA) is 64.4 Å². The van der Waals surface area contributed by atoms with Crippen LogP contribution in [0.15, 0.2) is 24.5 Å². The van der Waals surface area contributed by atoms with Gasteiger partial charge in [-0.3, -0.25) is 4.79 Å². The number of ether oxygens (including phenoxy) is 1. The number of hydrogen-bond donors (Lipinski definition) is 1. The number of fused-ring (bicyclic) bond motifs is 1. The average Bonchev–Trinajstić information content (AvgIpc) is 3.01. The highest BCUT2D eigenvalue weighted by atomic mass is 35.5. The van der Waals surface area contributed by atoms with Gasteiger partial charge in [0.25, 0.3) is 0 Å². The number of hydrogen-bond acceptors (Lipinski definition) is 3. The van der Waals surface area contributed by atoms with Crippen molar-refractivity contribution in [2.75, 3.05) is 0 Å². The van der Waals surface area contributed by atoms with Crippen LogP contribution in [0.5, 0.6) is 5.75 Å². The minimum Gasteiger partial charge on any atom is -0.481 e. The minimum atomic E-state index is -4.82. The molecule has 0 fully saturated rings. The first-order valence-electron chi connectivity index (χ1n) is 8.84. The van der Waals surface area contributed by atoms with Gasteiger partial charge in [-0.15, -0.1) is 0 Å². The van der Waals surface area contributed by atoms with Gasteiger partial charge in [0.15, 0.2) is 0 Å². The van der Waals surface area contributed by atoms with Gasteiger partial charge in [-0.1, -0.05) is 18.5 Å². The molecule has 0 bridgehead atoms. The molecule has 0 spiro atoms. The van der Waals surface area contributed by atoms with Crippen molar-refractivity contribution in [2.24, 2.45) is 5.41 Å². The Morgan fingerprint density at radius 1 is 1.46 bits per heavy atom. The van der Waals surface area contributed by atoms with Crippen molar-refractivity contribution >= 4 is 17.6 Å². The predicted molar refractivity (Wildman–Crippen MR) is 96.7 cm³/mol. The lowest BCUT2D eigenvalue weighted by atomic mass is 9.76. The Bertz CT molecular complexity index is 897. The molecule has 0 aliphatic carbocycles. The number of imidazole rings is 1. The Balaban J connectivity index is 1.98. The molecule has 2 unspecified atom stereocenters. The fourth-order valence-corrected chi connectivity index (χ4v) is 3.73. The second kappa shape index (κ2) is 7.31. The highest BCUT2D eigenvalue weighted by Gasteiger charge is 2.59. The van der Waals surface area contributed by atoms with Crippen molar-refractivity contribution in [3.8, 4) is 5.75 Å². The van der Waals surface area contributed by atoms with Gasteiger partial charge in [-0.25, -0.2) is 4.98 Å². The van der Waals surface area contributed by atoms with Crippen molar-refractivity contribution in [3.05, 3.63) is 46.5 Å². The van der Waals surface area contributed by atoms with Gasteiger partial charge in [0.1, 0.15) is 17.0 Å². The molecule has 5 nitrogen and oxygen atoms in total. The maximum Gasteiger partial charge on any atom is 0.426 e. The molecule has 9 heteroatoms. The highest BCUT2D eigenvalue weighted by Crippen LogP contribution is 2.46. The van der Waals surface area contributed by atoms with E-state index in [-0.39, 0.29) is 12.2 Å². The summed E-state index contributed by atoms with van der Waals surface area (Å²) in [7, 11) is 0. The second-order valence-corrected chi connectivity index (χ2v) is 7.62. The zero-order valence-electron chi connectivity index (χ0n) is 15.4. The molecule has 3 rings (SSSR count). The Kier molecular flexibility index (Phi) is 5.36. The van der Waals surface area contributed by atoms with E-state index < -0.39 is 23.7 Å². The van der Waals surface area contributed by atoms with Gasteiger partial charge in [0, 0.05) is 23.8 Å². The minimum absolute atomic E-state index is 0.0117. The van der Waals surface area contributed by atoms with Crippen LogP contribution in [0.3, 0.4) is 0 Å². The number of aliphatic carboxylic acids is 1. The summed E-state index contributed by atoms with van der Waals surface area (Å²) in [5, 5.41) is 9.75. The molecular formula is C19H20ClF3N2O3. The van der Waals surface area contributed by atoms with Crippen molar-refractivity contribution in [3.63, 3.8) is 0 Å². The summed E-state index contributed by atoms with van der Waals surface area (Å²) in [6.07, 6.45) is -2.48. The number of nitrogens with zero attached hydrogens (tertiary/aromatic N) is 2. The van der Waals surface area contributed by atoms with Gasteiger partial charge in [0.2, 0.25) is 6.10 Å². The monoisotopic (exact) mass is 416 g/mol. The normalized spacial score (nSPS) is 21.9. The number of aryl methyl sites for hydroxylation is 1. The van der Waals surface area contributed by atoms with Crippen LogP contribution in [0.4, 0.5) is 13.2 Å². The summed E-state index contributed by atoms with van der Waals surface area (Å²) >= 11 is 6.35. The molecule has 2 aromatic rings. The van der Waals surface area contributed by atoms with E-state index in [9.17, 15) is 23.1 Å². The fraction of sp³-hybridized carbons (Fsp3) is 0.474. The van der Waals surface area contributed by atoms with Crippen LogP contribution < -0.4 is 4.74 Å². The molecule has 2 heterocycles. The van der Waals surface area contributed by atoms with Gasteiger partial charge < -0.3 is 14.4 Å². The fourth-order valence-electron chi connectivity index (χ4n) is 3.49. The summed E-state index contributed by atoms with van der Waals surface area (Å²) in [5.74, 6) is -0.704. The Labute approximate surface area is 165 Å². The number of rotatable bonds is 5. The van der Waals surface area contributed by atoms with E-state index in [4.69, 9.17) is 16.3 Å². The summed E-state index contributed by atoms with van der Waals surface area (Å²) in [5.41, 5.74) is -1.21. The van der Waals surface area contributed by atoms with Gasteiger partial charge >= 0.3 is 12.1 Å². The third-order valence-electron chi connectivity index (χ3n) is 5.01. The van der Waals surface area contributed by atoms with Crippen LogP contribution in [-0.4, -0.2) is 32.9 Å². The molecule has 28 heavy (non-hydrogen) atoms. The van der Waals surface area contributed by atoms with Crippen LogP contribution in [0.25, 0.3) is 0 Å². The SMILES string of the molecule is CCCc1nccn1Cc1cc2c(cc1Cl)CC(C)(C(=O)O)C(C(F)(F)F)O2. The van der Waals surface area contributed by atoms with E-state index in [1.165, 1.54) is 12.1 Å². The Hall–Kier alpha value is -2.22. The number of halogens is 4. The number of carboxylic acid groups (broad SMARTS) is 1. The zero-order valence-corrected chi connectivity index (χ0v) is 16.1. The molecule has 0 saturated heterocycles. The van der Waals surface area contributed by atoms with Crippen LogP contribution in [-0.2, 0) is 24.2 Å². The van der Waals surface area contributed by atoms with E-state index in [0.29, 0.717) is 22.7 Å². The third-order valence-corrected chi connectivity index (χ3v) is 5.36.